The fourth-order valence-electron chi connectivity index (χ4n) is 2.15. The summed E-state index contributed by atoms with van der Waals surface area (Å²) >= 11 is 0. The van der Waals surface area contributed by atoms with Crippen molar-refractivity contribution < 1.29 is 13.2 Å². The average molecular weight is 215 g/mol. The van der Waals surface area contributed by atoms with Crippen molar-refractivity contribution in [2.75, 3.05) is 0 Å². The summed E-state index contributed by atoms with van der Waals surface area (Å²) in [4.78, 5) is 0. The molecule has 15 heavy (non-hydrogen) atoms. The molecule has 0 radical (unpaired) electrons. The van der Waals surface area contributed by atoms with Gasteiger partial charge >= 0.3 is 6.18 Å². The Balaban J connectivity index is 2.54. The number of fused-ring (bicyclic) bond motifs is 1. The van der Waals surface area contributed by atoms with E-state index >= 15 is 0 Å². The van der Waals surface area contributed by atoms with Gasteiger partial charge in [-0.3, -0.25) is 0 Å². The van der Waals surface area contributed by atoms with Crippen LogP contribution in [0.15, 0.2) is 18.2 Å². The van der Waals surface area contributed by atoms with Crippen molar-refractivity contribution in [3.63, 3.8) is 0 Å². The first kappa shape index (κ1) is 10.5. The number of hydrogen-bond donors (Lipinski definition) is 1. The normalized spacial score (nSPS) is 21.2. The maximum Gasteiger partial charge on any atom is 0.416 e. The van der Waals surface area contributed by atoms with Gasteiger partial charge in [0, 0.05) is 6.04 Å². The van der Waals surface area contributed by atoms with Gasteiger partial charge in [-0.2, -0.15) is 13.2 Å². The molecule has 1 atom stereocenters. The molecular formula is C11H12F3N. The molecule has 82 valence electrons. The molecule has 0 aromatic heterocycles. The number of alkyl halides is 3. The van der Waals surface area contributed by atoms with E-state index in [1.54, 1.807) is 6.07 Å². The summed E-state index contributed by atoms with van der Waals surface area (Å²) in [6.45, 7) is 0. The molecule has 0 fully saturated rings. The molecule has 0 saturated carbocycles. The van der Waals surface area contributed by atoms with Crippen LogP contribution in [0.3, 0.4) is 0 Å². The number of rotatable bonds is 0. The summed E-state index contributed by atoms with van der Waals surface area (Å²) in [7, 11) is 0. The van der Waals surface area contributed by atoms with Crippen molar-refractivity contribution in [2.45, 2.75) is 31.5 Å². The van der Waals surface area contributed by atoms with Crippen LogP contribution in [0.2, 0.25) is 0 Å². The maximum atomic E-state index is 12.7. The van der Waals surface area contributed by atoms with Gasteiger partial charge in [0.1, 0.15) is 0 Å². The van der Waals surface area contributed by atoms with Crippen LogP contribution < -0.4 is 5.73 Å². The smallest absolute Gasteiger partial charge is 0.324 e. The Hall–Kier alpha value is -1.03. The summed E-state index contributed by atoms with van der Waals surface area (Å²) < 4.78 is 38.0. The van der Waals surface area contributed by atoms with Gasteiger partial charge in [-0.25, -0.2) is 0 Å². The summed E-state index contributed by atoms with van der Waals surface area (Å²) in [6.07, 6.45) is -2.27. The van der Waals surface area contributed by atoms with E-state index in [-0.39, 0.29) is 6.04 Å². The first-order valence-corrected chi connectivity index (χ1v) is 4.94. The molecule has 0 saturated heterocycles. The lowest BCUT2D eigenvalue weighted by atomic mass is 9.85. The van der Waals surface area contributed by atoms with Gasteiger partial charge in [-0.15, -0.1) is 0 Å². The Labute approximate surface area is 86.1 Å². The molecule has 2 rings (SSSR count). The minimum Gasteiger partial charge on any atom is -0.324 e. The van der Waals surface area contributed by atoms with E-state index in [1.807, 2.05) is 0 Å². The fourth-order valence-corrected chi connectivity index (χ4v) is 2.15. The molecule has 0 unspecified atom stereocenters. The topological polar surface area (TPSA) is 26.0 Å². The standard InChI is InChI=1S/C11H12F3N/c12-11(13,14)9-5-1-4-8-7(9)3-2-6-10(8)15/h1,4-5,10H,2-3,6,15H2/t10-/m0/s1. The molecule has 0 amide bonds. The second-order valence-corrected chi connectivity index (χ2v) is 3.87. The second kappa shape index (κ2) is 3.52. The third-order valence-corrected chi connectivity index (χ3v) is 2.86. The van der Waals surface area contributed by atoms with Crippen LogP contribution in [-0.2, 0) is 12.6 Å². The Bertz CT molecular complexity index is 371. The fraction of sp³-hybridized carbons (Fsp3) is 0.455. The van der Waals surface area contributed by atoms with Crippen LogP contribution in [0, 0.1) is 0 Å². The van der Waals surface area contributed by atoms with Crippen molar-refractivity contribution in [3.05, 3.63) is 34.9 Å². The maximum absolute atomic E-state index is 12.7. The molecule has 1 aromatic carbocycles. The van der Waals surface area contributed by atoms with Crippen molar-refractivity contribution in [2.24, 2.45) is 5.73 Å². The predicted octanol–water partition coefficient (Wildman–Crippen LogP) is 3.04. The van der Waals surface area contributed by atoms with Crippen LogP contribution in [0.1, 0.15) is 35.6 Å². The monoisotopic (exact) mass is 215 g/mol. The van der Waals surface area contributed by atoms with E-state index in [2.05, 4.69) is 0 Å². The van der Waals surface area contributed by atoms with Crippen LogP contribution in [0.4, 0.5) is 13.2 Å². The Morgan fingerprint density at radius 2 is 2.00 bits per heavy atom. The highest BCUT2D eigenvalue weighted by Crippen LogP contribution is 2.38. The SMILES string of the molecule is N[C@H]1CCCc2c1cccc2C(F)(F)F. The zero-order valence-electron chi connectivity index (χ0n) is 8.14. The lowest BCUT2D eigenvalue weighted by molar-refractivity contribution is -0.138. The second-order valence-electron chi connectivity index (χ2n) is 3.87. The lowest BCUT2D eigenvalue weighted by Crippen LogP contribution is -2.21. The molecule has 1 aromatic rings. The summed E-state index contributed by atoms with van der Waals surface area (Å²) in [5, 5.41) is 0. The van der Waals surface area contributed by atoms with Gasteiger partial charge in [0.15, 0.2) is 0 Å². The largest absolute Gasteiger partial charge is 0.416 e. The minimum absolute atomic E-state index is 0.240. The third-order valence-electron chi connectivity index (χ3n) is 2.86. The van der Waals surface area contributed by atoms with Crippen LogP contribution in [-0.4, -0.2) is 0 Å². The van der Waals surface area contributed by atoms with Crippen molar-refractivity contribution in [3.8, 4) is 0 Å². The van der Waals surface area contributed by atoms with E-state index in [0.717, 1.165) is 18.9 Å². The highest BCUT2D eigenvalue weighted by Gasteiger charge is 2.35. The summed E-state index contributed by atoms with van der Waals surface area (Å²) in [5.74, 6) is 0. The first-order chi connectivity index (χ1) is 7.00. The lowest BCUT2D eigenvalue weighted by Gasteiger charge is -2.25. The molecule has 0 bridgehead atoms. The highest BCUT2D eigenvalue weighted by atomic mass is 19.4. The Kier molecular flexibility index (Phi) is 2.46. The van der Waals surface area contributed by atoms with Gasteiger partial charge in [0.05, 0.1) is 5.56 Å². The number of benzene rings is 1. The zero-order valence-corrected chi connectivity index (χ0v) is 8.14. The van der Waals surface area contributed by atoms with Crippen LogP contribution in [0.5, 0.6) is 0 Å². The predicted molar refractivity (Wildman–Crippen MR) is 51.3 cm³/mol. The molecular weight excluding hydrogens is 203 g/mol. The molecule has 1 aliphatic rings. The minimum atomic E-state index is -4.26. The van der Waals surface area contributed by atoms with E-state index in [4.69, 9.17) is 5.73 Å². The molecule has 0 spiro atoms. The molecule has 2 N–H and O–H groups in total. The average Bonchev–Trinajstić information content (AvgIpc) is 2.16. The van der Waals surface area contributed by atoms with E-state index in [9.17, 15) is 13.2 Å². The van der Waals surface area contributed by atoms with Crippen molar-refractivity contribution >= 4 is 0 Å². The van der Waals surface area contributed by atoms with Gasteiger partial charge in [0.25, 0.3) is 0 Å². The summed E-state index contributed by atoms with van der Waals surface area (Å²) in [6, 6.07) is 4.04. The van der Waals surface area contributed by atoms with E-state index in [1.165, 1.54) is 6.07 Å². The van der Waals surface area contributed by atoms with Crippen molar-refractivity contribution in [1.82, 2.24) is 0 Å². The van der Waals surface area contributed by atoms with Gasteiger partial charge in [-0.1, -0.05) is 12.1 Å². The summed E-state index contributed by atoms with van der Waals surface area (Å²) in [5.41, 5.74) is 6.33. The third kappa shape index (κ3) is 1.86. The molecule has 0 aliphatic heterocycles. The number of hydrogen-bond acceptors (Lipinski definition) is 1. The van der Waals surface area contributed by atoms with Crippen LogP contribution >= 0.6 is 0 Å². The zero-order chi connectivity index (χ0) is 11.1. The highest BCUT2D eigenvalue weighted by molar-refractivity contribution is 5.40. The van der Waals surface area contributed by atoms with Crippen LogP contribution in [0.25, 0.3) is 0 Å². The van der Waals surface area contributed by atoms with Gasteiger partial charge < -0.3 is 5.73 Å². The van der Waals surface area contributed by atoms with E-state index < -0.39 is 11.7 Å². The molecule has 0 heterocycles. The number of nitrogens with two attached hydrogens (primary N) is 1. The van der Waals surface area contributed by atoms with Crippen molar-refractivity contribution in [1.29, 1.82) is 0 Å². The quantitative estimate of drug-likeness (QED) is 0.707. The molecule has 1 aliphatic carbocycles. The van der Waals surface area contributed by atoms with Gasteiger partial charge in [-0.05, 0) is 36.5 Å². The molecule has 4 heteroatoms. The first-order valence-electron chi connectivity index (χ1n) is 4.94. The Morgan fingerprint density at radius 3 is 2.67 bits per heavy atom. The number of halogens is 3. The Morgan fingerprint density at radius 1 is 1.27 bits per heavy atom. The van der Waals surface area contributed by atoms with E-state index in [0.29, 0.717) is 17.5 Å². The molecule has 1 nitrogen and oxygen atoms in total. The van der Waals surface area contributed by atoms with Gasteiger partial charge in [0.2, 0.25) is 0 Å².